The molecule has 0 aliphatic carbocycles. The van der Waals surface area contributed by atoms with Crippen LogP contribution in [0.5, 0.6) is 5.75 Å². The Morgan fingerprint density at radius 2 is 1.70 bits per heavy atom. The molecule has 1 heterocycles. The summed E-state index contributed by atoms with van der Waals surface area (Å²) in [6, 6.07) is 5.10. The Kier molecular flexibility index (Phi) is 10.1. The fourth-order valence-corrected chi connectivity index (χ4v) is 4.35. The normalized spacial score (nSPS) is 12.6. The Balaban J connectivity index is 1.95. The fraction of sp³-hybridized carbons (Fsp3) is 0.423. The summed E-state index contributed by atoms with van der Waals surface area (Å²) >= 11 is 12.8. The molecule has 0 atom stereocenters. The molecule has 0 aliphatic rings. The zero-order valence-electron chi connectivity index (χ0n) is 22.6. The second-order valence-corrected chi connectivity index (χ2v) is 10.7. The van der Waals surface area contributed by atoms with Crippen LogP contribution in [0.1, 0.15) is 41.2 Å². The molecule has 7 nitrogen and oxygen atoms in total. The molecular weight excluding hydrogens is 639 g/mol. The highest BCUT2D eigenvalue weighted by Gasteiger charge is 2.52. The van der Waals surface area contributed by atoms with Crippen LogP contribution in [-0.4, -0.2) is 53.3 Å². The summed E-state index contributed by atoms with van der Waals surface area (Å²) in [6.45, 7) is -1.70. The summed E-state index contributed by atoms with van der Waals surface area (Å²) in [5.74, 6) is -2.66. The molecule has 236 valence electrons. The van der Waals surface area contributed by atoms with Crippen LogP contribution in [0.15, 0.2) is 24.3 Å². The average molecular weight is 663 g/mol. The van der Waals surface area contributed by atoms with E-state index in [0.717, 1.165) is 19.9 Å². The summed E-state index contributed by atoms with van der Waals surface area (Å²) in [6.07, 6.45) is -12.5. The lowest BCUT2D eigenvalue weighted by Gasteiger charge is -2.26. The Bertz CT molecular complexity index is 1520. The first-order chi connectivity index (χ1) is 19.7. The molecule has 0 bridgehead atoms. The second kappa shape index (κ2) is 12.7. The predicted octanol–water partition coefficient (Wildman–Crippen LogP) is 6.61. The van der Waals surface area contributed by atoms with Crippen molar-refractivity contribution in [2.75, 3.05) is 13.2 Å². The SMILES string of the molecule is Cn1c(Cc2c(Cl)ccc(CNC(=O)C(C)(C)C(F)(F)F)c2Cl)nc2cc(C(=O)NCC(F)(F)F)c(OCC(F)F)cc21. The molecule has 0 radical (unpaired) electrons. The molecule has 0 unspecified atom stereocenters. The Morgan fingerprint density at radius 3 is 2.28 bits per heavy atom. The Hall–Kier alpha value is -3.33. The number of carbonyl (C=O) groups excluding carboxylic acids is 2. The van der Waals surface area contributed by atoms with Crippen molar-refractivity contribution >= 4 is 46.0 Å². The number of nitrogens with one attached hydrogen (secondary N) is 2. The number of aryl methyl sites for hydroxylation is 1. The molecule has 17 heteroatoms. The number of halogens is 10. The maximum atomic E-state index is 13.2. The number of hydrogen-bond acceptors (Lipinski definition) is 4. The van der Waals surface area contributed by atoms with Gasteiger partial charge >= 0.3 is 12.4 Å². The topological polar surface area (TPSA) is 85.2 Å². The van der Waals surface area contributed by atoms with Crippen LogP contribution in [0.3, 0.4) is 0 Å². The van der Waals surface area contributed by atoms with Crippen molar-refractivity contribution in [2.45, 2.75) is 45.6 Å². The first-order valence-corrected chi connectivity index (χ1v) is 13.0. The Labute approximate surface area is 249 Å². The number of imidazole rings is 1. The van der Waals surface area contributed by atoms with E-state index in [0.29, 0.717) is 0 Å². The van der Waals surface area contributed by atoms with Gasteiger partial charge in [0, 0.05) is 31.1 Å². The molecule has 0 saturated heterocycles. The van der Waals surface area contributed by atoms with Crippen LogP contribution in [0.4, 0.5) is 35.1 Å². The molecule has 2 N–H and O–H groups in total. The first kappa shape index (κ1) is 34.2. The van der Waals surface area contributed by atoms with Crippen LogP contribution >= 0.6 is 23.2 Å². The van der Waals surface area contributed by atoms with Gasteiger partial charge in [0.05, 0.1) is 21.6 Å². The molecule has 3 rings (SSSR count). The van der Waals surface area contributed by atoms with Crippen molar-refractivity contribution in [1.29, 1.82) is 0 Å². The van der Waals surface area contributed by atoms with E-state index in [4.69, 9.17) is 27.9 Å². The second-order valence-electron chi connectivity index (χ2n) is 9.91. The van der Waals surface area contributed by atoms with Crippen LogP contribution in [0.25, 0.3) is 11.0 Å². The number of fused-ring (bicyclic) bond motifs is 1. The molecule has 2 aromatic carbocycles. The zero-order chi connectivity index (χ0) is 32.5. The van der Waals surface area contributed by atoms with Gasteiger partial charge in [-0.15, -0.1) is 0 Å². The van der Waals surface area contributed by atoms with Gasteiger partial charge in [-0.05, 0) is 37.1 Å². The van der Waals surface area contributed by atoms with Crippen molar-refractivity contribution in [3.05, 3.63) is 56.8 Å². The predicted molar refractivity (Wildman–Crippen MR) is 142 cm³/mol. The van der Waals surface area contributed by atoms with Crippen molar-refractivity contribution in [2.24, 2.45) is 12.5 Å². The van der Waals surface area contributed by atoms with Gasteiger partial charge < -0.3 is 19.9 Å². The first-order valence-electron chi connectivity index (χ1n) is 12.3. The van der Waals surface area contributed by atoms with E-state index in [2.05, 4.69) is 10.3 Å². The van der Waals surface area contributed by atoms with Gasteiger partial charge in [0.1, 0.15) is 30.1 Å². The molecule has 1 aromatic heterocycles. The lowest BCUT2D eigenvalue weighted by molar-refractivity contribution is -0.211. The molecule has 0 saturated carbocycles. The zero-order valence-corrected chi connectivity index (χ0v) is 24.1. The van der Waals surface area contributed by atoms with E-state index >= 15 is 0 Å². The molecule has 0 spiro atoms. The monoisotopic (exact) mass is 662 g/mol. The fourth-order valence-electron chi connectivity index (χ4n) is 3.78. The van der Waals surface area contributed by atoms with Crippen LogP contribution < -0.4 is 15.4 Å². The van der Waals surface area contributed by atoms with Gasteiger partial charge in [0.15, 0.2) is 0 Å². The molecule has 0 aliphatic heterocycles. The van der Waals surface area contributed by atoms with Crippen molar-refractivity contribution < 1.29 is 49.4 Å². The third kappa shape index (κ3) is 7.99. The molecular formula is C26H24Cl2F8N4O3. The maximum absolute atomic E-state index is 13.2. The number of rotatable bonds is 10. The third-order valence-electron chi connectivity index (χ3n) is 6.45. The lowest BCUT2D eigenvalue weighted by Crippen LogP contribution is -2.46. The highest BCUT2D eigenvalue weighted by Crippen LogP contribution is 2.38. The van der Waals surface area contributed by atoms with E-state index in [1.165, 1.54) is 29.8 Å². The number of alkyl halides is 8. The highest BCUT2D eigenvalue weighted by molar-refractivity contribution is 6.36. The number of amides is 2. The lowest BCUT2D eigenvalue weighted by atomic mass is 9.91. The molecule has 2 amide bonds. The Morgan fingerprint density at radius 1 is 1.05 bits per heavy atom. The van der Waals surface area contributed by atoms with Gasteiger partial charge in [0.2, 0.25) is 5.91 Å². The number of carbonyl (C=O) groups is 2. The minimum atomic E-state index is -4.80. The van der Waals surface area contributed by atoms with E-state index in [1.807, 2.05) is 0 Å². The quantitative estimate of drug-likeness (QED) is 0.239. The number of aromatic nitrogens is 2. The number of nitrogens with zero attached hydrogens (tertiary/aromatic N) is 2. The molecule has 3 aromatic rings. The van der Waals surface area contributed by atoms with E-state index < -0.39 is 60.5 Å². The van der Waals surface area contributed by atoms with Crippen LogP contribution in [0.2, 0.25) is 10.0 Å². The van der Waals surface area contributed by atoms with Gasteiger partial charge in [-0.2, -0.15) is 26.3 Å². The van der Waals surface area contributed by atoms with Crippen LogP contribution in [0, 0.1) is 5.41 Å². The smallest absolute Gasteiger partial charge is 0.405 e. The van der Waals surface area contributed by atoms with E-state index in [-0.39, 0.29) is 51.0 Å². The summed E-state index contributed by atoms with van der Waals surface area (Å²) in [4.78, 5) is 29.1. The highest BCUT2D eigenvalue weighted by atomic mass is 35.5. The molecule has 0 fully saturated rings. The number of hydrogen-bond donors (Lipinski definition) is 2. The van der Waals surface area contributed by atoms with Gasteiger partial charge in [-0.25, -0.2) is 13.8 Å². The van der Waals surface area contributed by atoms with Gasteiger partial charge in [-0.3, -0.25) is 9.59 Å². The van der Waals surface area contributed by atoms with Crippen molar-refractivity contribution in [1.82, 2.24) is 20.2 Å². The number of ether oxygens (including phenoxy) is 1. The largest absolute Gasteiger partial charge is 0.487 e. The van der Waals surface area contributed by atoms with E-state index in [1.54, 1.807) is 5.32 Å². The van der Waals surface area contributed by atoms with Gasteiger partial charge in [0.25, 0.3) is 12.3 Å². The van der Waals surface area contributed by atoms with Crippen LogP contribution in [-0.2, 0) is 24.8 Å². The summed E-state index contributed by atoms with van der Waals surface area (Å²) in [5, 5.41) is 4.04. The average Bonchev–Trinajstić information content (AvgIpc) is 3.20. The minimum absolute atomic E-state index is 0.0258. The number of benzene rings is 2. The van der Waals surface area contributed by atoms with Gasteiger partial charge in [-0.1, -0.05) is 29.3 Å². The third-order valence-corrected chi connectivity index (χ3v) is 7.28. The summed E-state index contributed by atoms with van der Waals surface area (Å²) < 4.78 is 110. The summed E-state index contributed by atoms with van der Waals surface area (Å²) in [5.41, 5.74) is -2.24. The minimum Gasteiger partial charge on any atom is -0.487 e. The maximum Gasteiger partial charge on any atom is 0.405 e. The van der Waals surface area contributed by atoms with Crippen molar-refractivity contribution in [3.8, 4) is 5.75 Å². The van der Waals surface area contributed by atoms with E-state index in [9.17, 15) is 44.7 Å². The standard InChI is InChI=1S/C26H24Cl2F8N4O3/c1-24(2,26(34,35)36)23(42)37-9-12-4-5-15(27)13(21(12)28)7-20-39-16-6-14(22(41)38-11-25(31,32)33)18(43-10-19(29)30)8-17(16)40(20)3/h4-6,8,19H,7,9-11H2,1-3H3,(H,37,42)(H,38,41). The molecule has 43 heavy (non-hydrogen) atoms. The summed E-state index contributed by atoms with van der Waals surface area (Å²) in [7, 11) is 1.52. The van der Waals surface area contributed by atoms with Crippen molar-refractivity contribution in [3.63, 3.8) is 0 Å².